The van der Waals surface area contributed by atoms with Crippen LogP contribution in [0.2, 0.25) is 0 Å². The number of ether oxygens (including phenoxy) is 1. The maximum absolute atomic E-state index is 11.8. The first-order chi connectivity index (χ1) is 10.1. The van der Waals surface area contributed by atoms with Crippen molar-refractivity contribution >= 4 is 11.7 Å². The smallest absolute Gasteiger partial charge is 0.340 e. The number of nitrogen functional groups attached to an aromatic ring is 1. The average Bonchev–Trinajstić information content (AvgIpc) is 2.90. The molecule has 0 fully saturated rings. The predicted octanol–water partition coefficient (Wildman–Crippen LogP) is 0.770. The summed E-state index contributed by atoms with van der Waals surface area (Å²) in [5.41, 5.74) is 6.01. The molecule has 2 N–H and O–H groups in total. The zero-order chi connectivity index (χ0) is 15.4. The van der Waals surface area contributed by atoms with Gasteiger partial charge < -0.3 is 10.5 Å². The number of aromatic nitrogens is 3. The van der Waals surface area contributed by atoms with E-state index >= 15 is 0 Å². The summed E-state index contributed by atoms with van der Waals surface area (Å²) in [6, 6.07) is 5.07. The van der Waals surface area contributed by atoms with Crippen LogP contribution in [0.1, 0.15) is 28.7 Å². The van der Waals surface area contributed by atoms with Gasteiger partial charge in [0.2, 0.25) is 0 Å². The Morgan fingerprint density at radius 1 is 1.43 bits per heavy atom. The Labute approximate surface area is 120 Å². The number of imidazole rings is 1. The van der Waals surface area contributed by atoms with Crippen LogP contribution in [0.4, 0.5) is 5.69 Å². The number of nitrogens with zero attached hydrogens (tertiary/aromatic N) is 5. The molecule has 2 heterocycles. The average molecular weight is 282 g/mol. The Bertz CT molecular complexity index is 781. The number of carbonyl (C=O) groups excluding carboxylic acids is 1. The molecule has 0 aliphatic carbocycles. The first kappa shape index (κ1) is 14.0. The number of pyridine rings is 1. The second-order valence-corrected chi connectivity index (χ2v) is 3.89. The lowest BCUT2D eigenvalue weighted by atomic mass is 10.2. The monoisotopic (exact) mass is 282 g/mol. The van der Waals surface area contributed by atoms with Crippen LogP contribution in [0.5, 0.6) is 0 Å². The number of carbonyl (C=O) groups is 1. The van der Waals surface area contributed by atoms with Crippen molar-refractivity contribution in [3.63, 3.8) is 0 Å². The van der Waals surface area contributed by atoms with Crippen molar-refractivity contribution < 1.29 is 9.53 Å². The summed E-state index contributed by atoms with van der Waals surface area (Å²) in [7, 11) is 0. The molecule has 0 bridgehead atoms. The maximum Gasteiger partial charge on any atom is 0.340 e. The van der Waals surface area contributed by atoms with Gasteiger partial charge in [-0.2, -0.15) is 10.5 Å². The molecule has 21 heavy (non-hydrogen) atoms. The largest absolute Gasteiger partial charge is 0.462 e. The van der Waals surface area contributed by atoms with Gasteiger partial charge in [-0.25, -0.2) is 14.8 Å². The van der Waals surface area contributed by atoms with E-state index in [2.05, 4.69) is 9.97 Å². The van der Waals surface area contributed by atoms with Crippen LogP contribution >= 0.6 is 0 Å². The van der Waals surface area contributed by atoms with E-state index in [1.165, 1.54) is 23.2 Å². The fourth-order valence-corrected chi connectivity index (χ4v) is 1.68. The van der Waals surface area contributed by atoms with Crippen molar-refractivity contribution in [3.8, 4) is 18.0 Å². The fourth-order valence-electron chi connectivity index (χ4n) is 1.68. The molecule has 2 rings (SSSR count). The molecule has 8 heteroatoms. The Morgan fingerprint density at radius 3 is 2.81 bits per heavy atom. The van der Waals surface area contributed by atoms with Crippen LogP contribution in [0.3, 0.4) is 0 Å². The van der Waals surface area contributed by atoms with E-state index in [9.17, 15) is 4.79 Å². The van der Waals surface area contributed by atoms with E-state index in [0.29, 0.717) is 0 Å². The third kappa shape index (κ3) is 2.51. The lowest BCUT2D eigenvalue weighted by Crippen LogP contribution is -2.10. The molecule has 2 aromatic heterocycles. The minimum absolute atomic E-state index is 0.0196. The number of nitriles is 2. The van der Waals surface area contributed by atoms with Crippen molar-refractivity contribution in [2.75, 3.05) is 12.3 Å². The van der Waals surface area contributed by atoms with Crippen molar-refractivity contribution in [1.29, 1.82) is 10.5 Å². The molecule has 0 saturated carbocycles. The Kier molecular flexibility index (Phi) is 3.82. The number of hydrogen-bond donors (Lipinski definition) is 1. The highest BCUT2D eigenvalue weighted by molar-refractivity contribution is 5.95. The molecule has 104 valence electrons. The third-order valence-corrected chi connectivity index (χ3v) is 2.64. The highest BCUT2D eigenvalue weighted by atomic mass is 16.5. The third-order valence-electron chi connectivity index (χ3n) is 2.64. The van der Waals surface area contributed by atoms with Gasteiger partial charge in [-0.3, -0.25) is 4.57 Å². The first-order valence-corrected chi connectivity index (χ1v) is 5.92. The molecule has 0 amide bonds. The van der Waals surface area contributed by atoms with E-state index in [4.69, 9.17) is 21.0 Å². The minimum atomic E-state index is -0.585. The lowest BCUT2D eigenvalue weighted by Gasteiger charge is -2.08. The topological polar surface area (TPSA) is 131 Å². The molecule has 0 atom stereocenters. The lowest BCUT2D eigenvalue weighted by molar-refractivity contribution is 0.0527. The van der Waals surface area contributed by atoms with Crippen LogP contribution < -0.4 is 5.73 Å². The molecular weight excluding hydrogens is 272 g/mol. The van der Waals surface area contributed by atoms with Gasteiger partial charge in [0.25, 0.3) is 0 Å². The fraction of sp³-hybridized carbons (Fsp3) is 0.154. The summed E-state index contributed by atoms with van der Waals surface area (Å²) in [5.74, 6) is -0.337. The Balaban J connectivity index is 2.55. The van der Waals surface area contributed by atoms with Crippen LogP contribution in [-0.2, 0) is 4.74 Å². The van der Waals surface area contributed by atoms with E-state index in [-0.39, 0.29) is 35.1 Å². The molecule has 0 radical (unpaired) electrons. The van der Waals surface area contributed by atoms with Gasteiger partial charge in [0.15, 0.2) is 11.4 Å². The molecule has 0 spiro atoms. The summed E-state index contributed by atoms with van der Waals surface area (Å²) in [6.45, 7) is 1.89. The molecule has 8 nitrogen and oxygen atoms in total. The summed E-state index contributed by atoms with van der Waals surface area (Å²) in [4.78, 5) is 19.6. The van der Waals surface area contributed by atoms with Crippen LogP contribution in [0.25, 0.3) is 5.82 Å². The van der Waals surface area contributed by atoms with Gasteiger partial charge in [-0.05, 0) is 13.0 Å². The standard InChI is InChI=1S/C13H10N6O2/c1-2-21-13(20)8-3-12(17-6-9(8)16)19-7-18-10(4-14)11(19)5-15/h3,6-7H,2,16H2,1H3. The molecule has 0 aromatic carbocycles. The maximum atomic E-state index is 11.8. The summed E-state index contributed by atoms with van der Waals surface area (Å²) < 4.78 is 6.20. The van der Waals surface area contributed by atoms with E-state index in [0.717, 1.165) is 0 Å². The van der Waals surface area contributed by atoms with Crippen LogP contribution in [0.15, 0.2) is 18.6 Å². The molecule has 0 aliphatic heterocycles. The van der Waals surface area contributed by atoms with E-state index in [1.54, 1.807) is 6.92 Å². The summed E-state index contributed by atoms with van der Waals surface area (Å²) >= 11 is 0. The SMILES string of the molecule is CCOC(=O)c1cc(-n2cnc(C#N)c2C#N)ncc1N. The van der Waals surface area contributed by atoms with Gasteiger partial charge in [0, 0.05) is 0 Å². The van der Waals surface area contributed by atoms with Gasteiger partial charge in [0.1, 0.15) is 24.3 Å². The molecule has 2 aromatic rings. The van der Waals surface area contributed by atoms with Gasteiger partial charge in [0.05, 0.1) is 24.1 Å². The van der Waals surface area contributed by atoms with Gasteiger partial charge >= 0.3 is 5.97 Å². The first-order valence-electron chi connectivity index (χ1n) is 5.92. The van der Waals surface area contributed by atoms with Crippen molar-refractivity contribution in [2.24, 2.45) is 0 Å². The molecule has 0 saturated heterocycles. The summed E-state index contributed by atoms with van der Waals surface area (Å²) in [5, 5.41) is 18.0. The number of rotatable bonds is 3. The zero-order valence-electron chi connectivity index (χ0n) is 11.1. The molecule has 0 unspecified atom stereocenters. The predicted molar refractivity (Wildman–Crippen MR) is 71.2 cm³/mol. The number of anilines is 1. The van der Waals surface area contributed by atoms with Crippen molar-refractivity contribution in [3.05, 3.63) is 35.5 Å². The van der Waals surface area contributed by atoms with Gasteiger partial charge in [-0.1, -0.05) is 0 Å². The van der Waals surface area contributed by atoms with E-state index < -0.39 is 5.97 Å². The summed E-state index contributed by atoms with van der Waals surface area (Å²) in [6.07, 6.45) is 2.57. The zero-order valence-corrected chi connectivity index (χ0v) is 11.1. The molecular formula is C13H10N6O2. The molecule has 0 aliphatic rings. The Hall–Kier alpha value is -3.39. The quantitative estimate of drug-likeness (QED) is 0.822. The Morgan fingerprint density at radius 2 is 2.19 bits per heavy atom. The second-order valence-electron chi connectivity index (χ2n) is 3.89. The van der Waals surface area contributed by atoms with Crippen molar-refractivity contribution in [1.82, 2.24) is 14.5 Å². The van der Waals surface area contributed by atoms with Crippen LogP contribution in [-0.4, -0.2) is 27.1 Å². The normalized spacial score (nSPS) is 9.67. The minimum Gasteiger partial charge on any atom is -0.462 e. The number of nitrogens with two attached hydrogens (primary N) is 1. The van der Waals surface area contributed by atoms with Crippen LogP contribution in [0, 0.1) is 22.7 Å². The highest BCUT2D eigenvalue weighted by Crippen LogP contribution is 2.18. The second kappa shape index (κ2) is 5.72. The number of hydrogen-bond acceptors (Lipinski definition) is 7. The van der Waals surface area contributed by atoms with Crippen molar-refractivity contribution in [2.45, 2.75) is 6.92 Å². The van der Waals surface area contributed by atoms with E-state index in [1.807, 2.05) is 12.1 Å². The number of esters is 1. The van der Waals surface area contributed by atoms with Gasteiger partial charge in [-0.15, -0.1) is 0 Å². The highest BCUT2D eigenvalue weighted by Gasteiger charge is 2.16.